The predicted octanol–water partition coefficient (Wildman–Crippen LogP) is 3.86. The fourth-order valence-electron chi connectivity index (χ4n) is 2.15. The van der Waals surface area contributed by atoms with E-state index in [4.69, 9.17) is 18.0 Å². The molecular weight excluding hydrogens is 355 g/mol. The zero-order chi connectivity index (χ0) is 16.4. The van der Waals surface area contributed by atoms with Gasteiger partial charge in [0.15, 0.2) is 4.80 Å². The van der Waals surface area contributed by atoms with Gasteiger partial charge in [0.25, 0.3) is 5.91 Å². The molecule has 3 nitrogen and oxygen atoms in total. The molecule has 7 heteroatoms. The van der Waals surface area contributed by atoms with Gasteiger partial charge in [-0.1, -0.05) is 34.9 Å². The standard InChI is InChI=1S/C16H10ClFN2OS2/c1-2-8-20-15-11(18)4-3-5-12(15)23-16(20)19-14(21)9-10-6-7-13(17)22-10/h1,3-7H,8-9H2. The first-order valence-corrected chi connectivity index (χ1v) is 8.62. The van der Waals surface area contributed by atoms with Crippen molar-refractivity contribution in [3.63, 3.8) is 0 Å². The van der Waals surface area contributed by atoms with Crippen LogP contribution in [-0.4, -0.2) is 10.5 Å². The van der Waals surface area contributed by atoms with Gasteiger partial charge in [0.1, 0.15) is 5.82 Å². The van der Waals surface area contributed by atoms with Gasteiger partial charge in [0, 0.05) is 4.88 Å². The van der Waals surface area contributed by atoms with Crippen molar-refractivity contribution in [3.05, 3.63) is 50.2 Å². The minimum atomic E-state index is -0.382. The molecule has 0 fully saturated rings. The normalized spacial score (nSPS) is 11.8. The Hall–Kier alpha value is -1.94. The molecule has 0 aliphatic carbocycles. The summed E-state index contributed by atoms with van der Waals surface area (Å²) in [7, 11) is 0. The number of amides is 1. The smallest absolute Gasteiger partial charge is 0.253 e. The summed E-state index contributed by atoms with van der Waals surface area (Å²) in [6.45, 7) is 0.151. The summed E-state index contributed by atoms with van der Waals surface area (Å²) >= 11 is 8.43. The van der Waals surface area contributed by atoms with Crippen molar-refractivity contribution in [1.29, 1.82) is 0 Å². The second-order valence-electron chi connectivity index (χ2n) is 4.65. The summed E-state index contributed by atoms with van der Waals surface area (Å²) in [4.78, 5) is 17.5. The van der Waals surface area contributed by atoms with Crippen LogP contribution in [0, 0.1) is 18.2 Å². The van der Waals surface area contributed by atoms with Crippen LogP contribution >= 0.6 is 34.3 Å². The summed E-state index contributed by atoms with van der Waals surface area (Å²) in [6, 6.07) is 8.29. The minimum absolute atomic E-state index is 0.151. The molecule has 3 rings (SSSR count). The Morgan fingerprint density at radius 2 is 2.17 bits per heavy atom. The molecule has 0 unspecified atom stereocenters. The average molecular weight is 365 g/mol. The van der Waals surface area contributed by atoms with Crippen molar-refractivity contribution in [2.45, 2.75) is 13.0 Å². The Bertz CT molecular complexity index is 994. The maximum Gasteiger partial charge on any atom is 0.253 e. The van der Waals surface area contributed by atoms with Gasteiger partial charge in [-0.05, 0) is 24.3 Å². The molecule has 1 aromatic carbocycles. The third kappa shape index (κ3) is 3.37. The zero-order valence-electron chi connectivity index (χ0n) is 11.8. The number of para-hydroxylation sites is 1. The van der Waals surface area contributed by atoms with Crippen LogP contribution in [0.15, 0.2) is 35.3 Å². The molecule has 0 N–H and O–H groups in total. The van der Waals surface area contributed by atoms with E-state index in [0.717, 1.165) is 4.88 Å². The molecule has 0 atom stereocenters. The molecule has 2 heterocycles. The van der Waals surface area contributed by atoms with E-state index in [1.807, 2.05) is 0 Å². The van der Waals surface area contributed by atoms with Gasteiger partial charge in [-0.25, -0.2) is 4.39 Å². The monoisotopic (exact) mass is 364 g/mol. The molecule has 0 saturated carbocycles. The van der Waals surface area contributed by atoms with E-state index in [1.165, 1.54) is 28.7 Å². The number of thiophene rings is 1. The van der Waals surface area contributed by atoms with Crippen molar-refractivity contribution in [2.75, 3.05) is 0 Å². The van der Waals surface area contributed by atoms with E-state index < -0.39 is 0 Å². The SMILES string of the molecule is C#CCn1c(=NC(=O)Cc2ccc(Cl)s2)sc2cccc(F)c21. The average Bonchev–Trinajstić information content (AvgIpc) is 3.05. The van der Waals surface area contributed by atoms with E-state index in [-0.39, 0.29) is 24.7 Å². The largest absolute Gasteiger partial charge is 0.302 e. The number of carbonyl (C=O) groups excluding carboxylic acids is 1. The summed E-state index contributed by atoms with van der Waals surface area (Å²) in [6.07, 6.45) is 5.52. The van der Waals surface area contributed by atoms with Crippen molar-refractivity contribution in [2.24, 2.45) is 4.99 Å². The van der Waals surface area contributed by atoms with E-state index in [2.05, 4.69) is 10.9 Å². The summed E-state index contributed by atoms with van der Waals surface area (Å²) in [5, 5.41) is 0. The van der Waals surface area contributed by atoms with Crippen molar-refractivity contribution >= 4 is 50.4 Å². The summed E-state index contributed by atoms with van der Waals surface area (Å²) in [5.74, 6) is 1.77. The fraction of sp³-hybridized carbons (Fsp3) is 0.125. The van der Waals surface area contributed by atoms with Crippen molar-refractivity contribution < 1.29 is 9.18 Å². The first-order valence-electron chi connectivity index (χ1n) is 6.61. The fourth-order valence-corrected chi connectivity index (χ4v) is 4.29. The molecule has 23 heavy (non-hydrogen) atoms. The molecule has 1 amide bonds. The second-order valence-corrected chi connectivity index (χ2v) is 7.46. The highest BCUT2D eigenvalue weighted by Gasteiger charge is 2.11. The second kappa shape index (κ2) is 6.67. The van der Waals surface area contributed by atoms with Gasteiger partial charge in [0.2, 0.25) is 0 Å². The lowest BCUT2D eigenvalue weighted by Gasteiger charge is -2.00. The highest BCUT2D eigenvalue weighted by Crippen LogP contribution is 2.22. The van der Waals surface area contributed by atoms with Gasteiger partial charge in [-0.15, -0.1) is 17.8 Å². The maximum absolute atomic E-state index is 14.0. The quantitative estimate of drug-likeness (QED) is 0.650. The minimum Gasteiger partial charge on any atom is -0.302 e. The van der Waals surface area contributed by atoms with Crippen LogP contribution in [0.1, 0.15) is 4.88 Å². The lowest BCUT2D eigenvalue weighted by atomic mass is 10.3. The Kier molecular flexibility index (Phi) is 4.62. The Morgan fingerprint density at radius 3 is 2.87 bits per heavy atom. The third-order valence-corrected chi connectivity index (χ3v) is 5.35. The van der Waals surface area contributed by atoms with Gasteiger partial charge in [0.05, 0.1) is 27.5 Å². The molecule has 0 bridgehead atoms. The Balaban J connectivity index is 2.04. The molecule has 0 saturated heterocycles. The van der Waals surface area contributed by atoms with Crippen molar-refractivity contribution in [3.8, 4) is 12.3 Å². The lowest BCUT2D eigenvalue weighted by molar-refractivity contribution is -0.117. The molecule has 116 valence electrons. The van der Waals surface area contributed by atoms with Crippen molar-refractivity contribution in [1.82, 2.24) is 4.57 Å². The highest BCUT2D eigenvalue weighted by molar-refractivity contribution is 7.16. The molecule has 0 aliphatic heterocycles. The number of nitrogens with zero attached hydrogens (tertiary/aromatic N) is 2. The Morgan fingerprint density at radius 1 is 1.35 bits per heavy atom. The summed E-state index contributed by atoms with van der Waals surface area (Å²) in [5.41, 5.74) is 0.376. The highest BCUT2D eigenvalue weighted by atomic mass is 35.5. The number of halogens is 2. The molecule has 0 spiro atoms. The first kappa shape index (κ1) is 15.9. The lowest BCUT2D eigenvalue weighted by Crippen LogP contribution is -2.17. The number of fused-ring (bicyclic) bond motifs is 1. The van der Waals surface area contributed by atoms with E-state index >= 15 is 0 Å². The summed E-state index contributed by atoms with van der Waals surface area (Å²) < 4.78 is 16.9. The van der Waals surface area contributed by atoms with Gasteiger partial charge >= 0.3 is 0 Å². The molecule has 3 aromatic rings. The number of thiazole rings is 1. The molecular formula is C16H10ClFN2OS2. The van der Waals surface area contributed by atoms with Crippen LogP contribution in [0.25, 0.3) is 10.2 Å². The maximum atomic E-state index is 14.0. The Labute approximate surface area is 144 Å². The third-order valence-electron chi connectivity index (χ3n) is 3.08. The van der Waals surface area contributed by atoms with Crippen LogP contribution in [0.2, 0.25) is 4.34 Å². The first-order chi connectivity index (χ1) is 11.1. The number of hydrogen-bond acceptors (Lipinski definition) is 3. The van der Waals surface area contributed by atoms with Crippen LogP contribution in [0.5, 0.6) is 0 Å². The van der Waals surface area contributed by atoms with E-state index in [1.54, 1.807) is 28.8 Å². The zero-order valence-corrected chi connectivity index (χ0v) is 14.1. The predicted molar refractivity (Wildman–Crippen MR) is 92.2 cm³/mol. The number of aromatic nitrogens is 1. The number of terminal acetylenes is 1. The van der Waals surface area contributed by atoms with E-state index in [9.17, 15) is 9.18 Å². The molecule has 0 radical (unpaired) electrons. The van der Waals surface area contributed by atoms with Gasteiger partial charge in [-0.3, -0.25) is 4.79 Å². The topological polar surface area (TPSA) is 34.4 Å². The van der Waals surface area contributed by atoms with Gasteiger partial charge < -0.3 is 4.57 Å². The molecule has 0 aliphatic rings. The van der Waals surface area contributed by atoms with Crippen LogP contribution < -0.4 is 4.80 Å². The van der Waals surface area contributed by atoms with Gasteiger partial charge in [-0.2, -0.15) is 4.99 Å². The number of carbonyl (C=O) groups is 1. The van der Waals surface area contributed by atoms with Crippen LogP contribution in [0.4, 0.5) is 4.39 Å². The molecule has 2 aromatic heterocycles. The number of rotatable bonds is 3. The number of benzene rings is 1. The van der Waals surface area contributed by atoms with Crippen LogP contribution in [-0.2, 0) is 17.8 Å². The number of hydrogen-bond donors (Lipinski definition) is 0. The van der Waals surface area contributed by atoms with Crippen LogP contribution in [0.3, 0.4) is 0 Å². The van der Waals surface area contributed by atoms with E-state index in [0.29, 0.717) is 19.4 Å².